The number of para-hydroxylation sites is 2. The van der Waals surface area contributed by atoms with Crippen molar-refractivity contribution in [2.75, 3.05) is 25.0 Å². The summed E-state index contributed by atoms with van der Waals surface area (Å²) in [4.78, 5) is 30.7. The van der Waals surface area contributed by atoms with E-state index in [1.54, 1.807) is 18.5 Å². The zero-order valence-corrected chi connectivity index (χ0v) is 14.6. The van der Waals surface area contributed by atoms with Crippen molar-refractivity contribution in [1.29, 1.82) is 0 Å². The third kappa shape index (κ3) is 3.66. The predicted octanol–water partition coefficient (Wildman–Crippen LogP) is 2.56. The zero-order valence-electron chi connectivity index (χ0n) is 14.6. The normalized spacial score (nSPS) is 15.3. The van der Waals surface area contributed by atoms with Crippen molar-refractivity contribution in [3.8, 4) is 0 Å². The Labute approximate surface area is 151 Å². The minimum Gasteiger partial charge on any atom is -0.354 e. The number of carbonyl (C=O) groups excluding carboxylic acids is 1. The highest BCUT2D eigenvalue weighted by Gasteiger charge is 2.25. The van der Waals surface area contributed by atoms with Crippen molar-refractivity contribution in [2.45, 2.75) is 25.2 Å². The fourth-order valence-corrected chi connectivity index (χ4v) is 3.40. The van der Waals surface area contributed by atoms with Crippen molar-refractivity contribution in [3.05, 3.63) is 48.5 Å². The van der Waals surface area contributed by atoms with Gasteiger partial charge in [0.05, 0.1) is 11.0 Å². The van der Waals surface area contributed by atoms with E-state index in [0.29, 0.717) is 24.8 Å². The van der Waals surface area contributed by atoms with Crippen LogP contribution in [0, 0.1) is 0 Å². The van der Waals surface area contributed by atoms with Crippen LogP contribution in [-0.2, 0) is 4.79 Å². The number of hydrogen-bond donors (Lipinski definition) is 2. The van der Waals surface area contributed by atoms with Crippen LogP contribution in [0.1, 0.15) is 31.0 Å². The van der Waals surface area contributed by atoms with Crippen LogP contribution in [0.4, 0.5) is 5.95 Å². The molecule has 1 aliphatic heterocycles. The Morgan fingerprint density at radius 3 is 2.69 bits per heavy atom. The number of benzene rings is 1. The lowest BCUT2D eigenvalue weighted by Crippen LogP contribution is -2.38. The molecule has 7 nitrogen and oxygen atoms in total. The first kappa shape index (κ1) is 16.5. The molecule has 1 aromatic carbocycles. The molecule has 0 bridgehead atoms. The molecule has 134 valence electrons. The van der Waals surface area contributed by atoms with Crippen LogP contribution in [-0.4, -0.2) is 50.4 Å². The number of anilines is 1. The number of amides is 1. The number of rotatable bonds is 5. The van der Waals surface area contributed by atoms with Gasteiger partial charge in [0, 0.05) is 44.4 Å². The van der Waals surface area contributed by atoms with Crippen LogP contribution in [0.5, 0.6) is 0 Å². The summed E-state index contributed by atoms with van der Waals surface area (Å²) in [5.41, 5.74) is 2.09. The van der Waals surface area contributed by atoms with Gasteiger partial charge in [-0.1, -0.05) is 12.1 Å². The van der Waals surface area contributed by atoms with Gasteiger partial charge in [-0.3, -0.25) is 4.79 Å². The standard InChI is InChI=1S/C19H22N6O/c26-17(6-11-22-19-20-9-3-10-21-19)25-12-7-14(8-13-25)18-23-15-4-1-2-5-16(15)24-18/h1-5,9-10,14H,6-8,11-13H2,(H,23,24)(H,20,21,22). The summed E-state index contributed by atoms with van der Waals surface area (Å²) in [6, 6.07) is 9.86. The minimum absolute atomic E-state index is 0.177. The van der Waals surface area contributed by atoms with Crippen LogP contribution >= 0.6 is 0 Å². The van der Waals surface area contributed by atoms with Gasteiger partial charge < -0.3 is 15.2 Å². The second-order valence-corrected chi connectivity index (χ2v) is 6.54. The lowest BCUT2D eigenvalue weighted by atomic mass is 9.96. The molecule has 0 spiro atoms. The Hall–Kier alpha value is -2.96. The number of imidazole rings is 1. The molecule has 0 atom stereocenters. The van der Waals surface area contributed by atoms with Crippen molar-refractivity contribution in [1.82, 2.24) is 24.8 Å². The van der Waals surface area contributed by atoms with E-state index in [4.69, 9.17) is 4.98 Å². The summed E-state index contributed by atoms with van der Waals surface area (Å²) in [6.07, 6.45) is 5.70. The van der Waals surface area contributed by atoms with Crippen molar-refractivity contribution < 1.29 is 4.79 Å². The number of nitrogens with one attached hydrogen (secondary N) is 2. The molecule has 1 amide bonds. The molecule has 4 rings (SSSR count). The summed E-state index contributed by atoms with van der Waals surface area (Å²) in [5, 5.41) is 3.08. The summed E-state index contributed by atoms with van der Waals surface area (Å²) in [5.74, 6) is 2.17. The van der Waals surface area contributed by atoms with Crippen molar-refractivity contribution in [3.63, 3.8) is 0 Å². The van der Waals surface area contributed by atoms with Gasteiger partial charge >= 0.3 is 0 Å². The first-order valence-electron chi connectivity index (χ1n) is 9.03. The fraction of sp³-hybridized carbons (Fsp3) is 0.368. The number of carbonyl (C=O) groups is 1. The minimum atomic E-state index is 0.177. The summed E-state index contributed by atoms with van der Waals surface area (Å²) in [6.45, 7) is 2.11. The van der Waals surface area contributed by atoms with Gasteiger partial charge in [0.25, 0.3) is 0 Å². The van der Waals surface area contributed by atoms with Crippen molar-refractivity contribution >= 4 is 22.9 Å². The van der Waals surface area contributed by atoms with E-state index >= 15 is 0 Å². The Bertz CT molecular complexity index is 837. The van der Waals surface area contributed by atoms with Gasteiger partial charge in [0.2, 0.25) is 11.9 Å². The number of fused-ring (bicyclic) bond motifs is 1. The number of nitrogens with zero attached hydrogens (tertiary/aromatic N) is 4. The number of aromatic nitrogens is 4. The predicted molar refractivity (Wildman–Crippen MR) is 99.8 cm³/mol. The maximum atomic E-state index is 12.4. The molecule has 26 heavy (non-hydrogen) atoms. The van der Waals surface area contributed by atoms with Crippen LogP contribution in [0.15, 0.2) is 42.7 Å². The second-order valence-electron chi connectivity index (χ2n) is 6.54. The second kappa shape index (κ2) is 7.51. The topological polar surface area (TPSA) is 86.8 Å². The van der Waals surface area contributed by atoms with E-state index in [1.165, 1.54) is 0 Å². The molecular formula is C19H22N6O. The van der Waals surface area contributed by atoms with Crippen LogP contribution in [0.3, 0.4) is 0 Å². The highest BCUT2D eigenvalue weighted by atomic mass is 16.2. The van der Waals surface area contributed by atoms with Gasteiger partial charge in [-0.05, 0) is 31.0 Å². The largest absolute Gasteiger partial charge is 0.354 e. The van der Waals surface area contributed by atoms with Gasteiger partial charge in [0.15, 0.2) is 0 Å². The zero-order chi connectivity index (χ0) is 17.8. The molecule has 3 aromatic rings. The maximum Gasteiger partial charge on any atom is 0.224 e. The molecule has 0 radical (unpaired) electrons. The molecule has 1 aliphatic rings. The Morgan fingerprint density at radius 2 is 1.92 bits per heavy atom. The Balaban J connectivity index is 1.27. The van der Waals surface area contributed by atoms with Crippen LogP contribution < -0.4 is 5.32 Å². The van der Waals surface area contributed by atoms with E-state index < -0.39 is 0 Å². The molecule has 1 saturated heterocycles. The number of aromatic amines is 1. The van der Waals surface area contributed by atoms with Gasteiger partial charge in [-0.2, -0.15) is 0 Å². The van der Waals surface area contributed by atoms with Gasteiger partial charge in [-0.25, -0.2) is 15.0 Å². The first-order chi connectivity index (χ1) is 12.8. The molecule has 2 aromatic heterocycles. The van der Waals surface area contributed by atoms with E-state index in [-0.39, 0.29) is 5.91 Å². The molecule has 1 fully saturated rings. The third-order valence-electron chi connectivity index (χ3n) is 4.83. The average Bonchev–Trinajstić information content (AvgIpc) is 3.13. The maximum absolute atomic E-state index is 12.4. The Morgan fingerprint density at radius 1 is 1.15 bits per heavy atom. The third-order valence-corrected chi connectivity index (χ3v) is 4.83. The van der Waals surface area contributed by atoms with Crippen LogP contribution in [0.2, 0.25) is 0 Å². The SMILES string of the molecule is O=C(CCNc1ncccn1)N1CCC(c2nc3ccccc3[nH]2)CC1. The lowest BCUT2D eigenvalue weighted by Gasteiger charge is -2.31. The fourth-order valence-electron chi connectivity index (χ4n) is 3.40. The van der Waals surface area contributed by atoms with E-state index in [2.05, 4.69) is 20.3 Å². The number of likely N-dealkylation sites (tertiary alicyclic amines) is 1. The number of piperidine rings is 1. The first-order valence-corrected chi connectivity index (χ1v) is 9.03. The lowest BCUT2D eigenvalue weighted by molar-refractivity contribution is -0.132. The summed E-state index contributed by atoms with van der Waals surface area (Å²) >= 11 is 0. The molecule has 7 heteroatoms. The van der Waals surface area contributed by atoms with E-state index in [1.807, 2.05) is 29.2 Å². The monoisotopic (exact) mass is 350 g/mol. The smallest absolute Gasteiger partial charge is 0.224 e. The van der Waals surface area contributed by atoms with E-state index in [0.717, 1.165) is 42.8 Å². The van der Waals surface area contributed by atoms with E-state index in [9.17, 15) is 4.79 Å². The summed E-state index contributed by atoms with van der Waals surface area (Å²) in [7, 11) is 0. The van der Waals surface area contributed by atoms with Crippen LogP contribution in [0.25, 0.3) is 11.0 Å². The number of hydrogen-bond acceptors (Lipinski definition) is 5. The number of H-pyrrole nitrogens is 1. The molecule has 2 N–H and O–H groups in total. The highest BCUT2D eigenvalue weighted by molar-refractivity contribution is 5.77. The molecule has 3 heterocycles. The Kier molecular flexibility index (Phi) is 4.77. The van der Waals surface area contributed by atoms with Gasteiger partial charge in [0.1, 0.15) is 5.82 Å². The molecule has 0 saturated carbocycles. The highest BCUT2D eigenvalue weighted by Crippen LogP contribution is 2.27. The molecular weight excluding hydrogens is 328 g/mol. The average molecular weight is 350 g/mol. The molecule has 0 aliphatic carbocycles. The van der Waals surface area contributed by atoms with Crippen molar-refractivity contribution in [2.24, 2.45) is 0 Å². The quantitative estimate of drug-likeness (QED) is 0.738. The summed E-state index contributed by atoms with van der Waals surface area (Å²) < 4.78 is 0. The van der Waals surface area contributed by atoms with Gasteiger partial charge in [-0.15, -0.1) is 0 Å². The molecule has 0 unspecified atom stereocenters.